The van der Waals surface area contributed by atoms with Crippen LogP contribution in [-0.2, 0) is 13.6 Å². The minimum Gasteiger partial charge on any atom is -0.477 e. The van der Waals surface area contributed by atoms with Crippen LogP contribution in [0, 0.1) is 13.8 Å². The Labute approximate surface area is 172 Å². The SMILES string of the molecule is Cc1nn(Cc2cccc3ccccc23)c(C)c1NC(=O)c1cnn(C)c1C(=O)O. The Morgan fingerprint density at radius 1 is 1.10 bits per heavy atom. The molecule has 2 aromatic heterocycles. The number of nitrogens with one attached hydrogen (secondary N) is 1. The number of nitrogens with zero attached hydrogens (tertiary/aromatic N) is 4. The lowest BCUT2D eigenvalue weighted by Crippen LogP contribution is -2.18. The summed E-state index contributed by atoms with van der Waals surface area (Å²) in [5, 5.41) is 22.9. The number of aromatic carboxylic acids is 1. The van der Waals surface area contributed by atoms with E-state index in [1.807, 2.05) is 36.7 Å². The van der Waals surface area contributed by atoms with Crippen LogP contribution in [0.1, 0.15) is 37.8 Å². The van der Waals surface area contributed by atoms with E-state index in [4.69, 9.17) is 0 Å². The molecular weight excluding hydrogens is 382 g/mol. The number of carbonyl (C=O) groups is 2. The Hall–Kier alpha value is -3.94. The third kappa shape index (κ3) is 3.32. The number of rotatable bonds is 5. The number of hydrogen-bond acceptors (Lipinski definition) is 4. The van der Waals surface area contributed by atoms with E-state index in [0.717, 1.165) is 22.0 Å². The Morgan fingerprint density at radius 3 is 2.60 bits per heavy atom. The van der Waals surface area contributed by atoms with Gasteiger partial charge in [0.2, 0.25) is 0 Å². The summed E-state index contributed by atoms with van der Waals surface area (Å²) in [4.78, 5) is 24.2. The van der Waals surface area contributed by atoms with Crippen molar-refractivity contribution in [3.05, 3.63) is 76.9 Å². The van der Waals surface area contributed by atoms with Gasteiger partial charge < -0.3 is 10.4 Å². The summed E-state index contributed by atoms with van der Waals surface area (Å²) in [5.41, 5.74) is 2.98. The first kappa shape index (κ1) is 19.4. The predicted octanol–water partition coefficient (Wildman–Crippen LogP) is 3.39. The summed E-state index contributed by atoms with van der Waals surface area (Å²) >= 11 is 0. The molecule has 0 aliphatic rings. The van der Waals surface area contributed by atoms with Crippen LogP contribution in [0.25, 0.3) is 10.8 Å². The predicted molar refractivity (Wildman–Crippen MR) is 113 cm³/mol. The van der Waals surface area contributed by atoms with Crippen molar-refractivity contribution in [3.8, 4) is 0 Å². The molecule has 152 valence electrons. The van der Waals surface area contributed by atoms with Crippen LogP contribution in [0.4, 0.5) is 5.69 Å². The van der Waals surface area contributed by atoms with Crippen molar-refractivity contribution in [1.82, 2.24) is 19.6 Å². The molecule has 2 N–H and O–H groups in total. The maximum absolute atomic E-state index is 12.7. The van der Waals surface area contributed by atoms with E-state index in [2.05, 4.69) is 39.8 Å². The van der Waals surface area contributed by atoms with Gasteiger partial charge in [-0.05, 0) is 30.2 Å². The second-order valence-electron chi connectivity index (χ2n) is 7.13. The number of carbonyl (C=O) groups excluding carboxylic acids is 1. The fraction of sp³-hybridized carbons (Fsp3) is 0.182. The second kappa shape index (κ2) is 7.47. The van der Waals surface area contributed by atoms with E-state index < -0.39 is 11.9 Å². The van der Waals surface area contributed by atoms with E-state index >= 15 is 0 Å². The van der Waals surface area contributed by atoms with Crippen LogP contribution in [0.5, 0.6) is 0 Å². The Kier molecular flexibility index (Phi) is 4.83. The van der Waals surface area contributed by atoms with Crippen molar-refractivity contribution in [3.63, 3.8) is 0 Å². The molecule has 0 aliphatic carbocycles. The molecule has 4 rings (SSSR count). The first-order valence-electron chi connectivity index (χ1n) is 9.44. The Balaban J connectivity index is 1.64. The fourth-order valence-corrected chi connectivity index (χ4v) is 3.66. The highest BCUT2D eigenvalue weighted by Gasteiger charge is 2.23. The molecule has 0 bridgehead atoms. The topological polar surface area (TPSA) is 102 Å². The standard InChI is InChI=1S/C22H21N5O3/c1-13-19(24-21(28)18-11-23-26(3)20(18)22(29)30)14(2)27(25-13)12-16-9-6-8-15-7-4-5-10-17(15)16/h4-11H,12H2,1-3H3,(H,24,28)(H,29,30). The van der Waals surface area contributed by atoms with Crippen molar-refractivity contribution in [2.45, 2.75) is 20.4 Å². The van der Waals surface area contributed by atoms with Crippen LogP contribution >= 0.6 is 0 Å². The van der Waals surface area contributed by atoms with Gasteiger partial charge in [-0.15, -0.1) is 0 Å². The van der Waals surface area contributed by atoms with Crippen molar-refractivity contribution in [2.24, 2.45) is 7.05 Å². The third-order valence-corrected chi connectivity index (χ3v) is 5.21. The summed E-state index contributed by atoms with van der Waals surface area (Å²) < 4.78 is 3.01. The largest absolute Gasteiger partial charge is 0.477 e. The number of hydrogen-bond donors (Lipinski definition) is 2. The summed E-state index contributed by atoms with van der Waals surface area (Å²) in [6.45, 7) is 4.24. The van der Waals surface area contributed by atoms with Gasteiger partial charge in [-0.2, -0.15) is 10.2 Å². The quantitative estimate of drug-likeness (QED) is 0.532. The monoisotopic (exact) mass is 403 g/mol. The minimum absolute atomic E-state index is 0.00519. The van der Waals surface area contributed by atoms with Gasteiger partial charge in [0, 0.05) is 7.05 Å². The maximum Gasteiger partial charge on any atom is 0.354 e. The molecule has 0 saturated heterocycles. The third-order valence-electron chi connectivity index (χ3n) is 5.21. The average Bonchev–Trinajstić information content (AvgIpc) is 3.23. The van der Waals surface area contributed by atoms with Gasteiger partial charge >= 0.3 is 5.97 Å². The molecule has 0 spiro atoms. The lowest BCUT2D eigenvalue weighted by Gasteiger charge is -2.09. The van der Waals surface area contributed by atoms with Gasteiger partial charge in [-0.1, -0.05) is 42.5 Å². The first-order valence-corrected chi connectivity index (χ1v) is 9.44. The number of aromatic nitrogens is 4. The second-order valence-corrected chi connectivity index (χ2v) is 7.13. The van der Waals surface area contributed by atoms with E-state index in [-0.39, 0.29) is 11.3 Å². The zero-order chi connectivity index (χ0) is 21.4. The number of carboxylic acids is 1. The maximum atomic E-state index is 12.7. The molecular formula is C22H21N5O3. The zero-order valence-electron chi connectivity index (χ0n) is 16.9. The van der Waals surface area contributed by atoms with E-state index in [1.165, 1.54) is 17.9 Å². The summed E-state index contributed by atoms with van der Waals surface area (Å²) in [5.74, 6) is -1.74. The van der Waals surface area contributed by atoms with Crippen LogP contribution < -0.4 is 5.32 Å². The van der Waals surface area contributed by atoms with Crippen LogP contribution in [-0.4, -0.2) is 36.5 Å². The molecule has 0 radical (unpaired) electrons. The molecule has 2 heterocycles. The van der Waals surface area contributed by atoms with Crippen molar-refractivity contribution >= 4 is 28.3 Å². The molecule has 4 aromatic rings. The average molecular weight is 403 g/mol. The van der Waals surface area contributed by atoms with Gasteiger partial charge in [0.25, 0.3) is 5.91 Å². The summed E-state index contributed by atoms with van der Waals surface area (Å²) in [7, 11) is 1.49. The van der Waals surface area contributed by atoms with Gasteiger partial charge in [0.15, 0.2) is 5.69 Å². The van der Waals surface area contributed by atoms with E-state index in [0.29, 0.717) is 17.9 Å². The number of benzene rings is 2. The highest BCUT2D eigenvalue weighted by atomic mass is 16.4. The van der Waals surface area contributed by atoms with E-state index in [9.17, 15) is 14.7 Å². The molecule has 0 saturated carbocycles. The normalized spacial score (nSPS) is 11.0. The zero-order valence-corrected chi connectivity index (χ0v) is 16.9. The van der Waals surface area contributed by atoms with E-state index in [1.54, 1.807) is 0 Å². The summed E-state index contributed by atoms with van der Waals surface area (Å²) in [6, 6.07) is 14.3. The van der Waals surface area contributed by atoms with Crippen LogP contribution in [0.2, 0.25) is 0 Å². The van der Waals surface area contributed by atoms with Gasteiger partial charge in [-0.25, -0.2) is 4.79 Å². The van der Waals surface area contributed by atoms with Crippen molar-refractivity contribution in [1.29, 1.82) is 0 Å². The van der Waals surface area contributed by atoms with Crippen molar-refractivity contribution in [2.75, 3.05) is 5.32 Å². The molecule has 30 heavy (non-hydrogen) atoms. The number of anilines is 1. The molecule has 0 fully saturated rings. The van der Waals surface area contributed by atoms with Gasteiger partial charge in [-0.3, -0.25) is 14.2 Å². The number of aryl methyl sites for hydroxylation is 2. The molecule has 8 heteroatoms. The number of fused-ring (bicyclic) bond motifs is 1. The Morgan fingerprint density at radius 2 is 1.83 bits per heavy atom. The minimum atomic E-state index is -1.21. The fourth-order valence-electron chi connectivity index (χ4n) is 3.66. The Bertz CT molecular complexity index is 1280. The highest BCUT2D eigenvalue weighted by molar-refractivity contribution is 6.10. The first-order chi connectivity index (χ1) is 14.4. The molecule has 1 amide bonds. The molecule has 0 aliphatic heterocycles. The van der Waals surface area contributed by atoms with Crippen molar-refractivity contribution < 1.29 is 14.7 Å². The molecule has 2 aromatic carbocycles. The molecule has 8 nitrogen and oxygen atoms in total. The number of carboxylic acid groups (broad SMARTS) is 1. The van der Waals surface area contributed by atoms with Crippen LogP contribution in [0.3, 0.4) is 0 Å². The molecule has 0 atom stereocenters. The van der Waals surface area contributed by atoms with Gasteiger partial charge in [0.1, 0.15) is 0 Å². The highest BCUT2D eigenvalue weighted by Crippen LogP contribution is 2.24. The summed E-state index contributed by atoms with van der Waals surface area (Å²) in [6.07, 6.45) is 1.25. The number of amides is 1. The smallest absolute Gasteiger partial charge is 0.354 e. The molecule has 0 unspecified atom stereocenters. The van der Waals surface area contributed by atoms with Gasteiger partial charge in [0.05, 0.1) is 35.4 Å². The lowest BCUT2D eigenvalue weighted by molar-refractivity contribution is 0.0680. The lowest BCUT2D eigenvalue weighted by atomic mass is 10.0. The van der Waals surface area contributed by atoms with Crippen LogP contribution in [0.15, 0.2) is 48.7 Å².